The number of hydrogen-bond donors (Lipinski definition) is 1. The molecule has 3 rings (SSSR count). The molecule has 2 N–H and O–H groups in total. The Labute approximate surface area is 121 Å². The lowest BCUT2D eigenvalue weighted by molar-refractivity contribution is 0.0765. The molecule has 0 aliphatic carbocycles. The molecule has 4 nitrogen and oxygen atoms in total. The predicted molar refractivity (Wildman–Crippen MR) is 75.5 cm³/mol. The summed E-state index contributed by atoms with van der Waals surface area (Å²) in [5.41, 5.74) is 8.34. The van der Waals surface area contributed by atoms with Crippen molar-refractivity contribution >= 4 is 11.6 Å². The number of nitriles is 1. The summed E-state index contributed by atoms with van der Waals surface area (Å²) in [5, 5.41) is 8.73. The number of rotatable bonds is 2. The number of nitrogen functional groups attached to an aromatic ring is 1. The number of carbonyl (C=O) groups is 1. The van der Waals surface area contributed by atoms with Crippen molar-refractivity contribution < 1.29 is 9.18 Å². The molecule has 0 radical (unpaired) electrons. The van der Waals surface area contributed by atoms with Crippen LogP contribution in [0.1, 0.15) is 27.0 Å². The van der Waals surface area contributed by atoms with Gasteiger partial charge in [0.25, 0.3) is 5.91 Å². The first-order valence-electron chi connectivity index (χ1n) is 6.44. The van der Waals surface area contributed by atoms with E-state index in [9.17, 15) is 9.18 Å². The van der Waals surface area contributed by atoms with Gasteiger partial charge in [-0.2, -0.15) is 5.26 Å². The van der Waals surface area contributed by atoms with Gasteiger partial charge in [-0.15, -0.1) is 0 Å². The summed E-state index contributed by atoms with van der Waals surface area (Å²) in [6.07, 6.45) is 0. The molecule has 0 saturated heterocycles. The topological polar surface area (TPSA) is 70.1 Å². The van der Waals surface area contributed by atoms with Crippen LogP contribution in [-0.4, -0.2) is 10.8 Å². The first kappa shape index (κ1) is 13.1. The van der Waals surface area contributed by atoms with Crippen LogP contribution >= 0.6 is 0 Å². The molecule has 0 aromatic heterocycles. The zero-order chi connectivity index (χ0) is 15.0. The van der Waals surface area contributed by atoms with Crippen LogP contribution in [0.4, 0.5) is 10.1 Å². The number of carbonyl (C=O) groups excluding carboxylic acids is 1. The van der Waals surface area contributed by atoms with E-state index in [1.54, 1.807) is 29.2 Å². The number of hydrogen-bond acceptors (Lipinski definition) is 3. The van der Waals surface area contributed by atoms with E-state index in [0.29, 0.717) is 23.4 Å². The maximum Gasteiger partial charge on any atom is 0.254 e. The van der Waals surface area contributed by atoms with Gasteiger partial charge in [-0.25, -0.2) is 4.39 Å². The van der Waals surface area contributed by atoms with Crippen LogP contribution in [0, 0.1) is 17.1 Å². The Morgan fingerprint density at radius 3 is 2.81 bits per heavy atom. The highest BCUT2D eigenvalue weighted by Gasteiger charge is 2.27. The van der Waals surface area contributed by atoms with Gasteiger partial charge in [-0.3, -0.25) is 4.79 Å². The molecular weight excluding hydrogens is 269 g/mol. The molecule has 1 amide bonds. The van der Waals surface area contributed by atoms with Crippen LogP contribution in [0.25, 0.3) is 0 Å². The lowest BCUT2D eigenvalue weighted by Gasteiger charge is -2.16. The maximum absolute atomic E-state index is 13.9. The number of benzene rings is 2. The molecule has 1 aliphatic heterocycles. The molecule has 0 spiro atoms. The first-order valence-corrected chi connectivity index (χ1v) is 6.44. The van der Waals surface area contributed by atoms with Crippen molar-refractivity contribution in [2.45, 2.75) is 13.1 Å². The fraction of sp³-hybridized carbons (Fsp3) is 0.125. The van der Waals surface area contributed by atoms with Crippen LogP contribution in [-0.2, 0) is 13.1 Å². The summed E-state index contributed by atoms with van der Waals surface area (Å²) in [7, 11) is 0. The van der Waals surface area contributed by atoms with Crippen LogP contribution < -0.4 is 5.73 Å². The standard InChI is InChI=1S/C16H12FN3O/c17-15-5-10(7-18)1-2-12(15)9-20-8-11-3-4-13(19)6-14(11)16(20)21/h1-6H,8-9,19H2. The quantitative estimate of drug-likeness (QED) is 0.859. The van der Waals surface area contributed by atoms with Crippen molar-refractivity contribution in [1.82, 2.24) is 4.90 Å². The Balaban J connectivity index is 1.85. The fourth-order valence-corrected chi connectivity index (χ4v) is 2.46. The molecule has 0 unspecified atom stereocenters. The van der Waals surface area contributed by atoms with Crippen molar-refractivity contribution in [1.29, 1.82) is 5.26 Å². The van der Waals surface area contributed by atoms with Gasteiger partial charge in [-0.1, -0.05) is 12.1 Å². The summed E-state index contributed by atoms with van der Waals surface area (Å²) >= 11 is 0. The number of halogens is 1. The molecule has 2 aromatic carbocycles. The van der Waals surface area contributed by atoms with Gasteiger partial charge in [0, 0.05) is 29.9 Å². The van der Waals surface area contributed by atoms with Gasteiger partial charge in [0.2, 0.25) is 0 Å². The molecule has 0 fully saturated rings. The molecule has 104 valence electrons. The summed E-state index contributed by atoms with van der Waals surface area (Å²) in [6.45, 7) is 0.610. The Bertz CT molecular complexity index is 780. The number of nitrogens with zero attached hydrogens (tertiary/aromatic N) is 2. The molecule has 2 aromatic rings. The first-order chi connectivity index (χ1) is 10.1. The number of amides is 1. The van der Waals surface area contributed by atoms with E-state index in [4.69, 9.17) is 11.0 Å². The van der Waals surface area contributed by atoms with Gasteiger partial charge < -0.3 is 10.6 Å². The predicted octanol–water partition coefficient (Wildman–Crippen LogP) is 2.44. The van der Waals surface area contributed by atoms with E-state index in [2.05, 4.69) is 0 Å². The van der Waals surface area contributed by atoms with Crippen molar-refractivity contribution in [3.8, 4) is 6.07 Å². The van der Waals surface area contributed by atoms with E-state index < -0.39 is 5.82 Å². The average molecular weight is 281 g/mol. The van der Waals surface area contributed by atoms with Gasteiger partial charge in [-0.05, 0) is 29.8 Å². The molecule has 0 bridgehead atoms. The van der Waals surface area contributed by atoms with Crippen molar-refractivity contribution in [3.05, 3.63) is 64.5 Å². The van der Waals surface area contributed by atoms with Gasteiger partial charge >= 0.3 is 0 Å². The largest absolute Gasteiger partial charge is 0.399 e. The number of nitrogens with two attached hydrogens (primary N) is 1. The zero-order valence-electron chi connectivity index (χ0n) is 11.1. The molecule has 0 atom stereocenters. The van der Waals surface area contributed by atoms with E-state index in [1.807, 2.05) is 12.1 Å². The second kappa shape index (κ2) is 4.91. The zero-order valence-corrected chi connectivity index (χ0v) is 11.1. The van der Waals surface area contributed by atoms with Crippen molar-refractivity contribution in [2.75, 3.05) is 5.73 Å². The van der Waals surface area contributed by atoms with Gasteiger partial charge in [0.15, 0.2) is 0 Å². The summed E-state index contributed by atoms with van der Waals surface area (Å²) in [5.74, 6) is -0.627. The SMILES string of the molecule is N#Cc1ccc(CN2Cc3ccc(N)cc3C2=O)c(F)c1. The van der Waals surface area contributed by atoms with Crippen LogP contribution in [0.2, 0.25) is 0 Å². The number of anilines is 1. The summed E-state index contributed by atoms with van der Waals surface area (Å²) < 4.78 is 13.9. The van der Waals surface area contributed by atoms with E-state index >= 15 is 0 Å². The average Bonchev–Trinajstić information content (AvgIpc) is 2.78. The minimum Gasteiger partial charge on any atom is -0.399 e. The Morgan fingerprint density at radius 2 is 2.10 bits per heavy atom. The van der Waals surface area contributed by atoms with Gasteiger partial charge in [0.1, 0.15) is 5.82 Å². The summed E-state index contributed by atoms with van der Waals surface area (Å²) in [4.78, 5) is 13.8. The van der Waals surface area contributed by atoms with Crippen molar-refractivity contribution in [3.63, 3.8) is 0 Å². The van der Waals surface area contributed by atoms with Crippen molar-refractivity contribution in [2.24, 2.45) is 0 Å². The summed E-state index contributed by atoms with van der Waals surface area (Å²) in [6, 6.07) is 11.4. The molecule has 1 heterocycles. The Hall–Kier alpha value is -2.87. The lowest BCUT2D eigenvalue weighted by Crippen LogP contribution is -2.23. The Morgan fingerprint density at radius 1 is 1.29 bits per heavy atom. The third-order valence-electron chi connectivity index (χ3n) is 3.56. The molecular formula is C16H12FN3O. The van der Waals surface area contributed by atoms with E-state index in [1.165, 1.54) is 6.07 Å². The highest BCUT2D eigenvalue weighted by molar-refractivity contribution is 5.99. The van der Waals surface area contributed by atoms with Gasteiger partial charge in [0.05, 0.1) is 11.6 Å². The van der Waals surface area contributed by atoms with Crippen LogP contribution in [0.15, 0.2) is 36.4 Å². The highest BCUT2D eigenvalue weighted by atomic mass is 19.1. The second-order valence-electron chi connectivity index (χ2n) is 5.00. The fourth-order valence-electron chi connectivity index (χ4n) is 2.46. The third kappa shape index (κ3) is 2.32. The second-order valence-corrected chi connectivity index (χ2v) is 5.00. The highest BCUT2D eigenvalue weighted by Crippen LogP contribution is 2.26. The normalized spacial score (nSPS) is 13.1. The minimum absolute atomic E-state index is 0.152. The van der Waals surface area contributed by atoms with Crippen LogP contribution in [0.3, 0.4) is 0 Å². The number of fused-ring (bicyclic) bond motifs is 1. The van der Waals surface area contributed by atoms with E-state index in [-0.39, 0.29) is 18.0 Å². The Kier molecular flexibility index (Phi) is 3.07. The molecule has 0 saturated carbocycles. The minimum atomic E-state index is -0.475. The molecule has 21 heavy (non-hydrogen) atoms. The lowest BCUT2D eigenvalue weighted by atomic mass is 10.1. The molecule has 5 heteroatoms. The smallest absolute Gasteiger partial charge is 0.254 e. The maximum atomic E-state index is 13.9. The van der Waals surface area contributed by atoms with E-state index in [0.717, 1.165) is 5.56 Å². The molecule has 1 aliphatic rings. The third-order valence-corrected chi connectivity index (χ3v) is 3.56. The monoisotopic (exact) mass is 281 g/mol. The van der Waals surface area contributed by atoms with Crippen LogP contribution in [0.5, 0.6) is 0 Å².